The predicted octanol–water partition coefficient (Wildman–Crippen LogP) is 1.24. The Morgan fingerprint density at radius 1 is 1.35 bits per heavy atom. The van der Waals surface area contributed by atoms with Crippen LogP contribution in [0.1, 0.15) is 29.7 Å². The van der Waals surface area contributed by atoms with Gasteiger partial charge in [-0.05, 0) is 38.2 Å². The van der Waals surface area contributed by atoms with Crippen molar-refractivity contribution in [2.45, 2.75) is 26.7 Å². The van der Waals surface area contributed by atoms with Crippen molar-refractivity contribution in [3.8, 4) is 0 Å². The average molecular weight is 277 g/mol. The van der Waals surface area contributed by atoms with Crippen LogP contribution in [0.15, 0.2) is 0 Å². The van der Waals surface area contributed by atoms with Crippen LogP contribution in [-0.4, -0.2) is 42.8 Å². The molecule has 6 heteroatoms. The number of hydrogen-bond acceptors (Lipinski definition) is 5. The third kappa shape index (κ3) is 2.90. The number of methoxy groups -OCH3 is 1. The fourth-order valence-corrected chi connectivity index (χ4v) is 2.69. The van der Waals surface area contributed by atoms with Gasteiger partial charge < -0.3 is 15.4 Å². The number of nitrogens with one attached hydrogen (secondary N) is 1. The Bertz CT molecular complexity index is 495. The van der Waals surface area contributed by atoms with Gasteiger partial charge in [0.25, 0.3) is 0 Å². The summed E-state index contributed by atoms with van der Waals surface area (Å²) in [6, 6.07) is 0. The van der Waals surface area contributed by atoms with Gasteiger partial charge in [0.15, 0.2) is 5.82 Å². The molecule has 2 rings (SSSR count). The Labute approximate surface area is 119 Å². The molecule has 1 fully saturated rings. The zero-order valence-corrected chi connectivity index (χ0v) is 12.4. The van der Waals surface area contributed by atoms with Crippen LogP contribution in [0, 0.1) is 25.2 Å². The molecule has 0 atom stereocenters. The first kappa shape index (κ1) is 14.7. The molecule has 0 amide bonds. The molecule has 6 nitrogen and oxygen atoms in total. The van der Waals surface area contributed by atoms with Crippen molar-refractivity contribution in [2.75, 3.05) is 31.7 Å². The van der Waals surface area contributed by atoms with Crippen LogP contribution >= 0.6 is 0 Å². The van der Waals surface area contributed by atoms with E-state index in [1.807, 2.05) is 13.8 Å². The highest BCUT2D eigenvalue weighted by Gasteiger charge is 2.24. The van der Waals surface area contributed by atoms with Gasteiger partial charge in [0.05, 0.1) is 11.3 Å². The first-order valence-electron chi connectivity index (χ1n) is 6.96. The van der Waals surface area contributed by atoms with Gasteiger partial charge in [0.2, 0.25) is 0 Å². The van der Waals surface area contributed by atoms with E-state index in [1.54, 1.807) is 7.11 Å². The van der Waals surface area contributed by atoms with Gasteiger partial charge in [0, 0.05) is 26.8 Å². The molecular formula is C14H23N5O. The molecule has 0 saturated carbocycles. The number of aromatic nitrogens is 2. The topological polar surface area (TPSA) is 88.1 Å². The minimum Gasteiger partial charge on any atom is -0.384 e. The molecule has 0 aromatic carbocycles. The summed E-state index contributed by atoms with van der Waals surface area (Å²) in [6.45, 7) is 6.47. The van der Waals surface area contributed by atoms with E-state index in [4.69, 9.17) is 15.9 Å². The van der Waals surface area contributed by atoms with Gasteiger partial charge in [-0.25, -0.2) is 0 Å². The van der Waals surface area contributed by atoms with Crippen LogP contribution in [0.3, 0.4) is 0 Å². The fraction of sp³-hybridized carbons (Fsp3) is 0.643. The van der Waals surface area contributed by atoms with Gasteiger partial charge in [-0.3, -0.25) is 5.41 Å². The number of aryl methyl sites for hydroxylation is 1. The fourth-order valence-electron chi connectivity index (χ4n) is 2.69. The van der Waals surface area contributed by atoms with E-state index in [0.29, 0.717) is 5.92 Å². The van der Waals surface area contributed by atoms with Gasteiger partial charge in [-0.2, -0.15) is 5.10 Å². The maximum atomic E-state index is 7.80. The Balaban J connectivity index is 2.22. The summed E-state index contributed by atoms with van der Waals surface area (Å²) >= 11 is 0. The summed E-state index contributed by atoms with van der Waals surface area (Å²) in [4.78, 5) is 2.18. The van der Waals surface area contributed by atoms with Crippen molar-refractivity contribution < 1.29 is 4.74 Å². The standard InChI is InChI=1S/C14H23N5O/c1-9-10(2)17-18-14(12(9)13(15)16)19-6-4-11(5-7-19)8-20-3/h11H,4-8H2,1-3H3,(H3,15,16). The summed E-state index contributed by atoms with van der Waals surface area (Å²) in [6.07, 6.45) is 2.14. The number of nitrogen functional groups attached to an aromatic ring is 1. The molecule has 1 aliphatic heterocycles. The second kappa shape index (κ2) is 6.17. The maximum Gasteiger partial charge on any atom is 0.162 e. The van der Waals surface area contributed by atoms with Gasteiger partial charge in [0.1, 0.15) is 5.84 Å². The summed E-state index contributed by atoms with van der Waals surface area (Å²) in [5, 5.41) is 16.3. The highest BCUT2D eigenvalue weighted by Crippen LogP contribution is 2.26. The molecule has 0 aliphatic carbocycles. The smallest absolute Gasteiger partial charge is 0.162 e. The molecule has 0 spiro atoms. The molecule has 0 radical (unpaired) electrons. The molecule has 20 heavy (non-hydrogen) atoms. The van der Waals surface area contributed by atoms with Gasteiger partial charge in [-0.15, -0.1) is 5.10 Å². The highest BCUT2D eigenvalue weighted by atomic mass is 16.5. The van der Waals surface area contributed by atoms with Crippen molar-refractivity contribution in [2.24, 2.45) is 11.7 Å². The zero-order valence-electron chi connectivity index (χ0n) is 12.4. The molecule has 1 saturated heterocycles. The SMILES string of the molecule is COCC1CCN(c2nnc(C)c(C)c2C(=N)N)CC1. The van der Waals surface area contributed by atoms with Crippen molar-refractivity contribution in [1.29, 1.82) is 5.41 Å². The molecule has 1 aromatic rings. The maximum absolute atomic E-state index is 7.80. The second-order valence-corrected chi connectivity index (χ2v) is 5.41. The number of hydrogen-bond donors (Lipinski definition) is 2. The molecule has 1 aromatic heterocycles. The Kier molecular flexibility index (Phi) is 4.54. The molecule has 110 valence electrons. The van der Waals surface area contributed by atoms with Crippen LogP contribution in [-0.2, 0) is 4.74 Å². The van der Waals surface area contributed by atoms with E-state index in [2.05, 4.69) is 15.1 Å². The van der Waals surface area contributed by atoms with E-state index in [0.717, 1.165) is 55.2 Å². The first-order chi connectivity index (χ1) is 9.54. The minimum atomic E-state index is 0.0644. The van der Waals surface area contributed by atoms with Crippen LogP contribution in [0.2, 0.25) is 0 Å². The molecule has 1 aliphatic rings. The normalized spacial score (nSPS) is 16.4. The number of piperidine rings is 1. The third-order valence-electron chi connectivity index (χ3n) is 4.02. The number of nitrogens with zero attached hydrogens (tertiary/aromatic N) is 3. The molecule has 0 bridgehead atoms. The van der Waals surface area contributed by atoms with E-state index < -0.39 is 0 Å². The van der Waals surface area contributed by atoms with E-state index in [-0.39, 0.29) is 5.84 Å². The largest absolute Gasteiger partial charge is 0.384 e. The lowest BCUT2D eigenvalue weighted by molar-refractivity contribution is 0.139. The van der Waals surface area contributed by atoms with Gasteiger partial charge in [-0.1, -0.05) is 0 Å². The first-order valence-corrected chi connectivity index (χ1v) is 6.96. The van der Waals surface area contributed by atoms with Crippen LogP contribution < -0.4 is 10.6 Å². The van der Waals surface area contributed by atoms with Crippen LogP contribution in [0.4, 0.5) is 5.82 Å². The van der Waals surface area contributed by atoms with Crippen molar-refractivity contribution >= 4 is 11.7 Å². The lowest BCUT2D eigenvalue weighted by Gasteiger charge is -2.33. The Hall–Kier alpha value is -1.69. The molecule has 3 N–H and O–H groups in total. The van der Waals surface area contributed by atoms with E-state index in [1.165, 1.54) is 0 Å². The van der Waals surface area contributed by atoms with Crippen LogP contribution in [0.25, 0.3) is 0 Å². The van der Waals surface area contributed by atoms with Crippen molar-refractivity contribution in [3.63, 3.8) is 0 Å². The summed E-state index contributed by atoms with van der Waals surface area (Å²) in [7, 11) is 1.75. The molecular weight excluding hydrogens is 254 g/mol. The number of anilines is 1. The summed E-state index contributed by atoms with van der Waals surface area (Å²) in [5.74, 6) is 1.42. The van der Waals surface area contributed by atoms with Crippen molar-refractivity contribution in [1.82, 2.24) is 10.2 Å². The average Bonchev–Trinajstić information content (AvgIpc) is 2.42. The summed E-state index contributed by atoms with van der Waals surface area (Å²) in [5.41, 5.74) is 8.23. The van der Waals surface area contributed by atoms with E-state index in [9.17, 15) is 0 Å². The Morgan fingerprint density at radius 2 is 2.00 bits per heavy atom. The van der Waals surface area contributed by atoms with Crippen molar-refractivity contribution in [3.05, 3.63) is 16.8 Å². The lowest BCUT2D eigenvalue weighted by atomic mass is 9.97. The van der Waals surface area contributed by atoms with Crippen LogP contribution in [0.5, 0.6) is 0 Å². The zero-order chi connectivity index (χ0) is 14.7. The molecule has 2 heterocycles. The molecule has 0 unspecified atom stereocenters. The lowest BCUT2D eigenvalue weighted by Crippen LogP contribution is -2.37. The summed E-state index contributed by atoms with van der Waals surface area (Å²) < 4.78 is 5.22. The minimum absolute atomic E-state index is 0.0644. The quantitative estimate of drug-likeness (QED) is 0.638. The number of ether oxygens (including phenoxy) is 1. The number of amidine groups is 1. The Morgan fingerprint density at radius 3 is 2.55 bits per heavy atom. The highest BCUT2D eigenvalue weighted by molar-refractivity contribution is 6.01. The van der Waals surface area contributed by atoms with Gasteiger partial charge >= 0.3 is 0 Å². The van der Waals surface area contributed by atoms with E-state index >= 15 is 0 Å². The predicted molar refractivity (Wildman–Crippen MR) is 79.3 cm³/mol. The monoisotopic (exact) mass is 277 g/mol. The number of rotatable bonds is 4. The second-order valence-electron chi connectivity index (χ2n) is 5.41. The third-order valence-corrected chi connectivity index (χ3v) is 4.02. The number of nitrogens with two attached hydrogens (primary N) is 1.